The Hall–Kier alpha value is -1.43. The zero-order chi connectivity index (χ0) is 15.8. The Morgan fingerprint density at radius 2 is 2.13 bits per heavy atom. The number of nitrogens with zero attached hydrogens (tertiary/aromatic N) is 2. The molecule has 2 aromatic rings. The number of rotatable bonds is 3. The molecule has 2 aliphatic rings. The third kappa shape index (κ3) is 3.01. The van der Waals surface area contributed by atoms with Crippen molar-refractivity contribution >= 4 is 11.0 Å². The number of pyridine rings is 1. The molecule has 2 aromatic heterocycles. The fourth-order valence-corrected chi connectivity index (χ4v) is 3.98. The maximum atomic E-state index is 5.94. The van der Waals surface area contributed by atoms with Crippen molar-refractivity contribution in [2.75, 3.05) is 19.7 Å². The van der Waals surface area contributed by atoms with Crippen LogP contribution in [-0.4, -0.2) is 46.8 Å². The summed E-state index contributed by atoms with van der Waals surface area (Å²) < 4.78 is 11.8. The van der Waals surface area contributed by atoms with Crippen LogP contribution < -0.4 is 0 Å². The van der Waals surface area contributed by atoms with E-state index in [4.69, 9.17) is 9.47 Å². The molecule has 4 rings (SSSR count). The van der Waals surface area contributed by atoms with Gasteiger partial charge in [-0.1, -0.05) is 0 Å². The zero-order valence-corrected chi connectivity index (χ0v) is 13.9. The SMILES string of the molecule is CC1CN(Cc2c([C@H]3CCCO3)[nH]c3ncccc23)CC(C)O1. The van der Waals surface area contributed by atoms with Gasteiger partial charge in [0.25, 0.3) is 0 Å². The van der Waals surface area contributed by atoms with E-state index in [0.29, 0.717) is 0 Å². The highest BCUT2D eigenvalue weighted by Gasteiger charge is 2.28. The Bertz CT molecular complexity index is 668. The van der Waals surface area contributed by atoms with Gasteiger partial charge in [0.2, 0.25) is 0 Å². The molecule has 1 N–H and O–H groups in total. The standard InChI is InChI=1S/C18H25N3O2/c1-12-9-21(10-13(2)23-12)11-15-14-5-3-7-19-18(14)20-17(15)16-6-4-8-22-16/h3,5,7,12-13,16H,4,6,8-11H2,1-2H3,(H,19,20)/t12?,13?,16-/m1/s1. The molecule has 0 saturated carbocycles. The lowest BCUT2D eigenvalue weighted by molar-refractivity contribution is -0.0705. The predicted octanol–water partition coefficient (Wildman–Crippen LogP) is 3.02. The molecule has 2 aliphatic heterocycles. The topological polar surface area (TPSA) is 50.4 Å². The Kier molecular flexibility index (Phi) is 4.09. The van der Waals surface area contributed by atoms with Gasteiger partial charge in [-0.2, -0.15) is 0 Å². The van der Waals surface area contributed by atoms with E-state index in [2.05, 4.69) is 34.8 Å². The largest absolute Gasteiger partial charge is 0.373 e. The fourth-order valence-electron chi connectivity index (χ4n) is 3.98. The van der Waals surface area contributed by atoms with Crippen LogP contribution in [-0.2, 0) is 16.0 Å². The van der Waals surface area contributed by atoms with Gasteiger partial charge in [-0.15, -0.1) is 0 Å². The maximum absolute atomic E-state index is 5.94. The number of H-pyrrole nitrogens is 1. The molecule has 2 unspecified atom stereocenters. The minimum Gasteiger partial charge on any atom is -0.373 e. The van der Waals surface area contributed by atoms with E-state index in [0.717, 1.165) is 44.7 Å². The van der Waals surface area contributed by atoms with Crippen LogP contribution in [0.1, 0.15) is 44.1 Å². The van der Waals surface area contributed by atoms with E-state index in [9.17, 15) is 0 Å². The van der Waals surface area contributed by atoms with Crippen LogP contribution in [0.2, 0.25) is 0 Å². The second-order valence-electron chi connectivity index (χ2n) is 6.87. The summed E-state index contributed by atoms with van der Waals surface area (Å²) in [7, 11) is 0. The van der Waals surface area contributed by atoms with Crippen molar-refractivity contribution in [1.29, 1.82) is 0 Å². The van der Waals surface area contributed by atoms with Gasteiger partial charge in [0.1, 0.15) is 5.65 Å². The molecule has 0 spiro atoms. The van der Waals surface area contributed by atoms with Gasteiger partial charge in [0, 0.05) is 37.8 Å². The first kappa shape index (κ1) is 15.1. The summed E-state index contributed by atoms with van der Waals surface area (Å²) in [5.74, 6) is 0. The Morgan fingerprint density at radius 3 is 2.87 bits per heavy atom. The maximum Gasteiger partial charge on any atom is 0.137 e. The molecule has 2 fully saturated rings. The summed E-state index contributed by atoms with van der Waals surface area (Å²) in [5, 5.41) is 1.23. The van der Waals surface area contributed by atoms with Gasteiger partial charge in [-0.3, -0.25) is 4.90 Å². The van der Waals surface area contributed by atoms with E-state index in [1.165, 1.54) is 16.6 Å². The van der Waals surface area contributed by atoms with Gasteiger partial charge in [0.05, 0.1) is 24.0 Å². The van der Waals surface area contributed by atoms with Crippen molar-refractivity contribution in [2.24, 2.45) is 0 Å². The Morgan fingerprint density at radius 1 is 1.30 bits per heavy atom. The van der Waals surface area contributed by atoms with Crippen LogP contribution in [0.15, 0.2) is 18.3 Å². The number of hydrogen-bond acceptors (Lipinski definition) is 4. The summed E-state index contributed by atoms with van der Waals surface area (Å²) in [4.78, 5) is 10.5. The van der Waals surface area contributed by atoms with Crippen LogP contribution >= 0.6 is 0 Å². The summed E-state index contributed by atoms with van der Waals surface area (Å²) >= 11 is 0. The number of aromatic nitrogens is 2. The van der Waals surface area contributed by atoms with E-state index in [1.54, 1.807) is 0 Å². The third-order valence-corrected chi connectivity index (χ3v) is 4.84. The molecular weight excluding hydrogens is 290 g/mol. The van der Waals surface area contributed by atoms with Gasteiger partial charge in [0.15, 0.2) is 0 Å². The minimum atomic E-state index is 0.190. The van der Waals surface area contributed by atoms with Crippen LogP contribution in [0, 0.1) is 0 Å². The first-order chi connectivity index (χ1) is 11.2. The molecule has 0 bridgehead atoms. The van der Waals surface area contributed by atoms with Crippen molar-refractivity contribution in [3.8, 4) is 0 Å². The normalized spacial score (nSPS) is 29.4. The first-order valence-corrected chi connectivity index (χ1v) is 8.65. The van der Waals surface area contributed by atoms with Gasteiger partial charge >= 0.3 is 0 Å². The average molecular weight is 315 g/mol. The minimum absolute atomic E-state index is 0.190. The zero-order valence-electron chi connectivity index (χ0n) is 13.9. The second kappa shape index (κ2) is 6.23. The van der Waals surface area contributed by atoms with Gasteiger partial charge in [-0.05, 0) is 44.4 Å². The molecule has 5 nitrogen and oxygen atoms in total. The summed E-state index contributed by atoms with van der Waals surface area (Å²) in [6, 6.07) is 4.18. The molecular formula is C18H25N3O2. The summed E-state index contributed by atoms with van der Waals surface area (Å²) in [5.41, 5.74) is 3.55. The number of ether oxygens (including phenoxy) is 2. The molecule has 0 aromatic carbocycles. The number of hydrogen-bond donors (Lipinski definition) is 1. The van der Waals surface area contributed by atoms with Crippen molar-refractivity contribution in [3.05, 3.63) is 29.6 Å². The van der Waals surface area contributed by atoms with Crippen LogP contribution in [0.25, 0.3) is 11.0 Å². The average Bonchev–Trinajstić information content (AvgIpc) is 3.14. The van der Waals surface area contributed by atoms with Gasteiger partial charge in [-0.25, -0.2) is 4.98 Å². The number of aromatic amines is 1. The number of fused-ring (bicyclic) bond motifs is 1. The summed E-state index contributed by atoms with van der Waals surface area (Å²) in [6.45, 7) is 8.04. The molecule has 4 heterocycles. The van der Waals surface area contributed by atoms with Crippen molar-refractivity contribution in [3.63, 3.8) is 0 Å². The Balaban J connectivity index is 1.68. The fraction of sp³-hybridized carbons (Fsp3) is 0.611. The molecule has 2 saturated heterocycles. The Labute approximate surface area is 137 Å². The quantitative estimate of drug-likeness (QED) is 0.946. The van der Waals surface area contributed by atoms with E-state index in [1.807, 2.05) is 12.3 Å². The van der Waals surface area contributed by atoms with E-state index in [-0.39, 0.29) is 18.3 Å². The van der Waals surface area contributed by atoms with Crippen LogP contribution in [0.4, 0.5) is 0 Å². The molecule has 0 radical (unpaired) electrons. The molecule has 23 heavy (non-hydrogen) atoms. The lowest BCUT2D eigenvalue weighted by Crippen LogP contribution is -2.44. The van der Waals surface area contributed by atoms with Crippen LogP contribution in [0.3, 0.4) is 0 Å². The monoisotopic (exact) mass is 315 g/mol. The molecule has 5 heteroatoms. The van der Waals surface area contributed by atoms with E-state index < -0.39 is 0 Å². The smallest absolute Gasteiger partial charge is 0.137 e. The molecule has 0 aliphatic carbocycles. The highest BCUT2D eigenvalue weighted by Crippen LogP contribution is 2.34. The third-order valence-electron chi connectivity index (χ3n) is 4.84. The van der Waals surface area contributed by atoms with E-state index >= 15 is 0 Å². The lowest BCUT2D eigenvalue weighted by atomic mass is 10.1. The van der Waals surface area contributed by atoms with Gasteiger partial charge < -0.3 is 14.5 Å². The molecule has 124 valence electrons. The van der Waals surface area contributed by atoms with Crippen LogP contribution in [0.5, 0.6) is 0 Å². The van der Waals surface area contributed by atoms with Crippen molar-refractivity contribution in [2.45, 2.75) is 51.5 Å². The molecule has 0 amide bonds. The summed E-state index contributed by atoms with van der Waals surface area (Å²) in [6.07, 6.45) is 4.84. The predicted molar refractivity (Wildman–Crippen MR) is 89.3 cm³/mol. The first-order valence-electron chi connectivity index (χ1n) is 8.65. The van der Waals surface area contributed by atoms with Crippen molar-refractivity contribution < 1.29 is 9.47 Å². The number of morpholine rings is 1. The van der Waals surface area contributed by atoms with Crippen molar-refractivity contribution in [1.82, 2.24) is 14.9 Å². The second-order valence-corrected chi connectivity index (χ2v) is 6.87. The highest BCUT2D eigenvalue weighted by atomic mass is 16.5. The highest BCUT2D eigenvalue weighted by molar-refractivity contribution is 5.81. The lowest BCUT2D eigenvalue weighted by Gasteiger charge is -2.35. The molecule has 3 atom stereocenters. The number of nitrogens with one attached hydrogen (secondary N) is 1.